The third-order valence-electron chi connectivity index (χ3n) is 3.52. The minimum Gasteiger partial charge on any atom is -0.309 e. The van der Waals surface area contributed by atoms with Gasteiger partial charge in [0.05, 0.1) is 11.3 Å². The van der Waals surface area contributed by atoms with E-state index in [-0.39, 0.29) is 5.91 Å². The normalized spacial score (nSPS) is 13.3. The van der Waals surface area contributed by atoms with Crippen LogP contribution in [0.4, 0.5) is 17.3 Å². The number of carbonyl (C=O) groups excluding carboxylic acids is 1. The van der Waals surface area contributed by atoms with E-state index < -0.39 is 0 Å². The molecule has 0 aromatic carbocycles. The summed E-state index contributed by atoms with van der Waals surface area (Å²) in [7, 11) is 1.73. The number of anilines is 3. The van der Waals surface area contributed by atoms with Crippen molar-refractivity contribution in [3.05, 3.63) is 41.7 Å². The molecule has 5 nitrogen and oxygen atoms in total. The molecule has 0 saturated carbocycles. The van der Waals surface area contributed by atoms with Gasteiger partial charge in [-0.3, -0.25) is 4.79 Å². The zero-order valence-corrected chi connectivity index (χ0v) is 11.9. The number of rotatable bonds is 1. The van der Waals surface area contributed by atoms with Crippen LogP contribution in [-0.4, -0.2) is 29.5 Å². The predicted octanol–water partition coefficient (Wildman–Crippen LogP) is 2.21. The van der Waals surface area contributed by atoms with Crippen molar-refractivity contribution in [1.29, 1.82) is 0 Å². The van der Waals surface area contributed by atoms with Gasteiger partial charge in [0.1, 0.15) is 5.82 Å². The summed E-state index contributed by atoms with van der Waals surface area (Å²) in [5.41, 5.74) is 1.84. The van der Waals surface area contributed by atoms with Crippen molar-refractivity contribution in [2.24, 2.45) is 0 Å². The Labute approximate surface area is 123 Å². The number of aromatic nitrogens is 2. The molecule has 104 valence electrons. The molecule has 21 heavy (non-hydrogen) atoms. The number of hydrogen-bond donors (Lipinski definition) is 0. The van der Waals surface area contributed by atoms with E-state index in [1.807, 2.05) is 24.0 Å². The highest BCUT2D eigenvalue weighted by Gasteiger charge is 2.30. The Balaban J connectivity index is 2.31. The standard InChI is InChI=1S/C16H14N4O/c1-4-11-9-12-14(18-10-11)20(5-2)15-13(7-6-8-17-15)19(3)16(12)21/h1,6-10H,5H2,2-3H3. The molecule has 0 spiro atoms. The monoisotopic (exact) mass is 278 g/mol. The number of fused-ring (bicyclic) bond motifs is 2. The van der Waals surface area contributed by atoms with E-state index in [2.05, 4.69) is 15.9 Å². The first-order chi connectivity index (χ1) is 10.2. The van der Waals surface area contributed by atoms with Crippen LogP contribution in [0.2, 0.25) is 0 Å². The molecule has 0 N–H and O–H groups in total. The minimum absolute atomic E-state index is 0.139. The van der Waals surface area contributed by atoms with Crippen LogP contribution in [0.5, 0.6) is 0 Å². The molecular formula is C16H14N4O. The smallest absolute Gasteiger partial charge is 0.261 e. The molecule has 0 bridgehead atoms. The highest BCUT2D eigenvalue weighted by atomic mass is 16.2. The summed E-state index contributed by atoms with van der Waals surface area (Å²) in [4.78, 5) is 25.0. The Morgan fingerprint density at radius 2 is 2.14 bits per heavy atom. The van der Waals surface area contributed by atoms with E-state index in [0.717, 1.165) is 11.5 Å². The summed E-state index contributed by atoms with van der Waals surface area (Å²) in [6.07, 6.45) is 8.72. The number of pyridine rings is 2. The third kappa shape index (κ3) is 1.93. The van der Waals surface area contributed by atoms with Crippen LogP contribution in [0.15, 0.2) is 30.6 Å². The molecule has 0 unspecified atom stereocenters. The van der Waals surface area contributed by atoms with Crippen molar-refractivity contribution < 1.29 is 4.79 Å². The van der Waals surface area contributed by atoms with Gasteiger partial charge in [-0.1, -0.05) is 5.92 Å². The van der Waals surface area contributed by atoms with Gasteiger partial charge < -0.3 is 9.80 Å². The van der Waals surface area contributed by atoms with E-state index in [0.29, 0.717) is 23.5 Å². The van der Waals surface area contributed by atoms with Crippen LogP contribution >= 0.6 is 0 Å². The predicted molar refractivity (Wildman–Crippen MR) is 81.8 cm³/mol. The molecule has 0 aliphatic carbocycles. The molecule has 2 aromatic rings. The van der Waals surface area contributed by atoms with Crippen molar-refractivity contribution in [2.75, 3.05) is 23.4 Å². The van der Waals surface area contributed by atoms with Gasteiger partial charge in [0.15, 0.2) is 5.82 Å². The summed E-state index contributed by atoms with van der Waals surface area (Å²) < 4.78 is 0. The topological polar surface area (TPSA) is 49.3 Å². The highest BCUT2D eigenvalue weighted by Crippen LogP contribution is 2.37. The van der Waals surface area contributed by atoms with E-state index >= 15 is 0 Å². The zero-order chi connectivity index (χ0) is 15.0. The second-order valence-electron chi connectivity index (χ2n) is 4.69. The molecule has 0 saturated heterocycles. The quantitative estimate of drug-likeness (QED) is 0.750. The van der Waals surface area contributed by atoms with Gasteiger partial charge in [0.2, 0.25) is 0 Å². The van der Waals surface area contributed by atoms with Crippen LogP contribution in [0.3, 0.4) is 0 Å². The zero-order valence-electron chi connectivity index (χ0n) is 11.9. The van der Waals surface area contributed by atoms with Crippen LogP contribution in [-0.2, 0) is 0 Å². The lowest BCUT2D eigenvalue weighted by Crippen LogP contribution is -2.25. The molecule has 0 fully saturated rings. The summed E-state index contributed by atoms with van der Waals surface area (Å²) in [6, 6.07) is 5.39. The first-order valence-electron chi connectivity index (χ1n) is 6.64. The molecule has 3 rings (SSSR count). The molecule has 1 aliphatic rings. The number of terminal acetylenes is 1. The number of amides is 1. The fourth-order valence-electron chi connectivity index (χ4n) is 2.46. The van der Waals surface area contributed by atoms with Crippen LogP contribution in [0.1, 0.15) is 22.8 Å². The molecule has 0 atom stereocenters. The van der Waals surface area contributed by atoms with Gasteiger partial charge in [-0.15, -0.1) is 6.42 Å². The molecular weight excluding hydrogens is 264 g/mol. The first-order valence-corrected chi connectivity index (χ1v) is 6.64. The lowest BCUT2D eigenvalue weighted by molar-refractivity contribution is 0.0994. The van der Waals surface area contributed by atoms with Gasteiger partial charge in [-0.25, -0.2) is 9.97 Å². The van der Waals surface area contributed by atoms with Crippen molar-refractivity contribution in [3.63, 3.8) is 0 Å². The largest absolute Gasteiger partial charge is 0.309 e. The van der Waals surface area contributed by atoms with Crippen molar-refractivity contribution in [3.8, 4) is 12.3 Å². The summed E-state index contributed by atoms with van der Waals surface area (Å²) in [6.45, 7) is 2.65. The Bertz CT molecular complexity index is 763. The fraction of sp³-hybridized carbons (Fsp3) is 0.188. The van der Waals surface area contributed by atoms with E-state index in [9.17, 15) is 4.79 Å². The van der Waals surface area contributed by atoms with Crippen LogP contribution in [0, 0.1) is 12.3 Å². The summed E-state index contributed by atoms with van der Waals surface area (Å²) in [5.74, 6) is 3.69. The Morgan fingerprint density at radius 3 is 2.86 bits per heavy atom. The highest BCUT2D eigenvalue weighted by molar-refractivity contribution is 6.12. The minimum atomic E-state index is -0.139. The summed E-state index contributed by atoms with van der Waals surface area (Å²) >= 11 is 0. The molecule has 2 aromatic heterocycles. The number of nitrogens with zero attached hydrogens (tertiary/aromatic N) is 4. The lowest BCUT2D eigenvalue weighted by Gasteiger charge is -2.22. The molecule has 5 heteroatoms. The Morgan fingerprint density at radius 1 is 1.33 bits per heavy atom. The van der Waals surface area contributed by atoms with Gasteiger partial charge in [-0.05, 0) is 25.1 Å². The average Bonchev–Trinajstić information content (AvgIpc) is 2.62. The fourth-order valence-corrected chi connectivity index (χ4v) is 2.46. The van der Waals surface area contributed by atoms with Gasteiger partial charge in [-0.2, -0.15) is 0 Å². The molecule has 0 radical (unpaired) electrons. The van der Waals surface area contributed by atoms with Crippen molar-refractivity contribution in [1.82, 2.24) is 9.97 Å². The summed E-state index contributed by atoms with van der Waals surface area (Å²) in [5, 5.41) is 0. The van der Waals surface area contributed by atoms with E-state index in [1.165, 1.54) is 0 Å². The van der Waals surface area contributed by atoms with Crippen LogP contribution < -0.4 is 9.80 Å². The average molecular weight is 278 g/mol. The maximum atomic E-state index is 12.7. The Kier molecular flexibility index (Phi) is 3.07. The maximum absolute atomic E-state index is 12.7. The number of hydrogen-bond acceptors (Lipinski definition) is 4. The Hall–Kier alpha value is -2.87. The third-order valence-corrected chi connectivity index (χ3v) is 3.52. The molecule has 3 heterocycles. The van der Waals surface area contributed by atoms with E-state index in [1.54, 1.807) is 30.4 Å². The number of carbonyl (C=O) groups is 1. The van der Waals surface area contributed by atoms with Gasteiger partial charge >= 0.3 is 0 Å². The molecule has 1 amide bonds. The lowest BCUT2D eigenvalue weighted by atomic mass is 10.1. The van der Waals surface area contributed by atoms with Crippen molar-refractivity contribution in [2.45, 2.75) is 6.92 Å². The van der Waals surface area contributed by atoms with Gasteiger partial charge in [0.25, 0.3) is 5.91 Å². The maximum Gasteiger partial charge on any atom is 0.261 e. The second kappa shape index (κ2) is 4.91. The van der Waals surface area contributed by atoms with Gasteiger partial charge in [0, 0.05) is 31.5 Å². The SMILES string of the molecule is C#Cc1cnc2c(c1)C(=O)N(C)c1cccnc1N2CC. The second-order valence-corrected chi connectivity index (χ2v) is 4.69. The van der Waals surface area contributed by atoms with Crippen molar-refractivity contribution >= 4 is 23.2 Å². The molecule has 1 aliphatic heterocycles. The van der Waals surface area contributed by atoms with Crippen LogP contribution in [0.25, 0.3) is 0 Å². The van der Waals surface area contributed by atoms with E-state index in [4.69, 9.17) is 6.42 Å². The first kappa shape index (κ1) is 13.1.